The molecule has 2 aromatic heterocycles. The molecule has 3 aliphatic rings. The summed E-state index contributed by atoms with van der Waals surface area (Å²) in [6.45, 7) is 6.48. The third-order valence-corrected chi connectivity index (χ3v) is 14.6. The summed E-state index contributed by atoms with van der Waals surface area (Å²) < 4.78 is 32.1. The predicted molar refractivity (Wildman–Crippen MR) is 271 cm³/mol. The van der Waals surface area contributed by atoms with E-state index >= 15 is 8.78 Å². The fourth-order valence-corrected chi connectivity index (χ4v) is 10.3. The van der Waals surface area contributed by atoms with Crippen molar-refractivity contribution < 1.29 is 42.7 Å². The molecule has 0 unspecified atom stereocenters. The van der Waals surface area contributed by atoms with E-state index in [4.69, 9.17) is 0 Å². The van der Waals surface area contributed by atoms with Crippen molar-refractivity contribution in [3.63, 3.8) is 0 Å². The monoisotopic (exact) mass is 1010 g/mol. The second-order valence-electron chi connectivity index (χ2n) is 18.6. The van der Waals surface area contributed by atoms with Crippen molar-refractivity contribution in [2.75, 3.05) is 36.8 Å². The van der Waals surface area contributed by atoms with Gasteiger partial charge in [-0.1, -0.05) is 19.1 Å². The van der Waals surface area contributed by atoms with E-state index in [0.29, 0.717) is 35.8 Å². The van der Waals surface area contributed by atoms with Crippen LogP contribution < -0.4 is 26.6 Å². The maximum atomic E-state index is 16.7. The molecule has 0 bridgehead atoms. The molecule has 0 spiro atoms. The fraction of sp³-hybridized carbons (Fsp3) is 0.321. The number of hydrogen-bond acceptors (Lipinski definition) is 11. The van der Waals surface area contributed by atoms with Gasteiger partial charge in [-0.2, -0.15) is 0 Å². The van der Waals surface area contributed by atoms with Gasteiger partial charge in [-0.05, 0) is 159 Å². The Hall–Kier alpha value is -7.22. The molecule has 72 heavy (non-hydrogen) atoms. The van der Waals surface area contributed by atoms with Crippen molar-refractivity contribution >= 4 is 68.4 Å². The van der Waals surface area contributed by atoms with Crippen LogP contribution in [-0.4, -0.2) is 93.7 Å². The lowest BCUT2D eigenvalue weighted by molar-refractivity contribution is 0.0695. The number of aromatic nitrogens is 2. The summed E-state index contributed by atoms with van der Waals surface area (Å²) in [5.41, 5.74) is 1.65. The first-order valence-electron chi connectivity index (χ1n) is 23.9. The van der Waals surface area contributed by atoms with Crippen molar-refractivity contribution in [3.05, 3.63) is 139 Å². The highest BCUT2D eigenvalue weighted by molar-refractivity contribution is 7.15. The number of anilines is 2. The summed E-state index contributed by atoms with van der Waals surface area (Å²) >= 11 is 2.37. The number of benzene rings is 4. The van der Waals surface area contributed by atoms with E-state index in [1.54, 1.807) is 36.0 Å². The molecule has 15 nitrogen and oxygen atoms in total. The van der Waals surface area contributed by atoms with Crippen LogP contribution in [0.25, 0.3) is 22.3 Å². The second kappa shape index (κ2) is 21.6. The van der Waals surface area contributed by atoms with E-state index in [-0.39, 0.29) is 91.1 Å². The van der Waals surface area contributed by atoms with E-state index < -0.39 is 41.2 Å². The van der Waals surface area contributed by atoms with Gasteiger partial charge in [0.15, 0.2) is 10.3 Å². The lowest BCUT2D eigenvalue weighted by Gasteiger charge is -2.20. The molecule has 5 amide bonds. The number of carboxylic acid groups (broad SMARTS) is 1. The molecule has 3 fully saturated rings. The summed E-state index contributed by atoms with van der Waals surface area (Å²) in [6, 6.07) is 14.0. The SMILES string of the molecule is Cc1c(F)cc(C(=O)NC2CC2)cc1-c1ccc(C(=O)O)cc1C(=O)Nc1ncc(C[C@H](C)Cc2c(F)cc(C(=O)NC3CC3)cc2-c2ccc(C(=O)NCCN3CCCC3)cc2C(=O)Nc2nccs2)s1. The molecule has 1 saturated heterocycles. The lowest BCUT2D eigenvalue weighted by atomic mass is 9.87. The average Bonchev–Trinajstić information content (AvgIpc) is 4.16. The predicted octanol–water partition coefficient (Wildman–Crippen LogP) is 8.75. The number of halogens is 2. The van der Waals surface area contributed by atoms with E-state index in [0.717, 1.165) is 73.9 Å². The summed E-state index contributed by atoms with van der Waals surface area (Å²) in [5, 5.41) is 26.3. The fourth-order valence-electron chi connectivity index (χ4n) is 8.78. The molecule has 372 valence electrons. The van der Waals surface area contributed by atoms with Crippen LogP contribution in [-0.2, 0) is 12.8 Å². The molecule has 19 heteroatoms. The standard InChI is InChI=1S/C53H52F2N8O7S2/c1-28(19-36-27-58-53(72-36)62-50(68)43-22-31(51(69)70)6-12-37(43)39-23-32(25-44(54)29(39)2)47(65)59-34-7-8-34)20-41-40(24-33(26-45(41)55)48(66)60-35-9-10-35)38-11-5-30(46(64)56-13-17-63-15-3-4-16-63)21-42(38)49(67)61-52-57-14-18-71-52/h5-6,11-12,14,18,21-28,34-35H,3-4,7-10,13,15-17,19-20H2,1-2H3,(H,56,64)(H,59,65)(H,60,66)(H,69,70)(H,57,61,67)(H,58,62,68)/t28-/m0/s1. The van der Waals surface area contributed by atoms with Crippen molar-refractivity contribution in [3.8, 4) is 22.3 Å². The van der Waals surface area contributed by atoms with Gasteiger partial charge in [-0.15, -0.1) is 22.7 Å². The number of aromatic carboxylic acids is 1. The van der Waals surface area contributed by atoms with E-state index in [2.05, 4.69) is 41.5 Å². The topological polar surface area (TPSA) is 212 Å². The maximum absolute atomic E-state index is 16.7. The number of rotatable bonds is 19. The zero-order chi connectivity index (χ0) is 50.6. The third-order valence-electron chi connectivity index (χ3n) is 12.9. The Morgan fingerprint density at radius 3 is 1.92 bits per heavy atom. The second-order valence-corrected chi connectivity index (χ2v) is 20.6. The Kier molecular flexibility index (Phi) is 15.0. The van der Waals surface area contributed by atoms with Crippen LogP contribution in [0.3, 0.4) is 0 Å². The minimum Gasteiger partial charge on any atom is -0.478 e. The molecule has 6 N–H and O–H groups in total. The molecule has 1 aliphatic heterocycles. The van der Waals surface area contributed by atoms with Gasteiger partial charge in [-0.3, -0.25) is 34.6 Å². The van der Waals surface area contributed by atoms with Gasteiger partial charge in [0.05, 0.1) is 5.56 Å². The normalized spacial score (nSPS) is 14.9. The van der Waals surface area contributed by atoms with Crippen LogP contribution in [0.4, 0.5) is 19.0 Å². The minimum atomic E-state index is -1.28. The van der Waals surface area contributed by atoms with E-state index in [9.17, 15) is 33.9 Å². The largest absolute Gasteiger partial charge is 0.478 e. The Labute approximate surface area is 421 Å². The number of carbonyl (C=O) groups is 6. The molecular formula is C53H52F2N8O7S2. The number of nitrogens with one attached hydrogen (secondary N) is 5. The first-order valence-corrected chi connectivity index (χ1v) is 25.6. The average molecular weight is 1020 g/mol. The highest BCUT2D eigenvalue weighted by Gasteiger charge is 2.29. The van der Waals surface area contributed by atoms with Gasteiger partial charge in [0.1, 0.15) is 11.6 Å². The Morgan fingerprint density at radius 1 is 0.694 bits per heavy atom. The molecule has 3 heterocycles. The number of thiazole rings is 2. The van der Waals surface area contributed by atoms with E-state index in [1.165, 1.54) is 54.7 Å². The smallest absolute Gasteiger partial charge is 0.335 e. The summed E-state index contributed by atoms with van der Waals surface area (Å²) in [5.74, 6) is -5.45. The van der Waals surface area contributed by atoms with Gasteiger partial charge in [0.25, 0.3) is 29.5 Å². The van der Waals surface area contributed by atoms with Crippen molar-refractivity contribution in [1.29, 1.82) is 0 Å². The molecular weight excluding hydrogens is 963 g/mol. The molecule has 4 aromatic carbocycles. The van der Waals surface area contributed by atoms with Crippen LogP contribution >= 0.6 is 22.7 Å². The van der Waals surface area contributed by atoms with Crippen LogP contribution in [0.5, 0.6) is 0 Å². The van der Waals surface area contributed by atoms with Crippen molar-refractivity contribution in [1.82, 2.24) is 30.8 Å². The zero-order valence-electron chi connectivity index (χ0n) is 39.5. The first-order chi connectivity index (χ1) is 34.7. The summed E-state index contributed by atoms with van der Waals surface area (Å²) in [4.78, 5) is 91.9. The van der Waals surface area contributed by atoms with Crippen LogP contribution in [0.15, 0.2) is 78.4 Å². The molecule has 6 aromatic rings. The number of carboxylic acids is 1. The molecule has 0 radical (unpaired) electrons. The van der Waals surface area contributed by atoms with Crippen molar-refractivity contribution in [2.24, 2.45) is 5.92 Å². The van der Waals surface area contributed by atoms with Gasteiger partial charge < -0.3 is 26.0 Å². The first kappa shape index (κ1) is 49.7. The van der Waals surface area contributed by atoms with Crippen molar-refractivity contribution in [2.45, 2.75) is 77.3 Å². The Bertz CT molecular complexity index is 3090. The van der Waals surface area contributed by atoms with Gasteiger partial charge >= 0.3 is 5.97 Å². The highest BCUT2D eigenvalue weighted by atomic mass is 32.1. The van der Waals surface area contributed by atoms with Gasteiger partial charge in [0.2, 0.25) is 0 Å². The zero-order valence-corrected chi connectivity index (χ0v) is 41.2. The van der Waals surface area contributed by atoms with Gasteiger partial charge in [-0.25, -0.2) is 23.5 Å². The molecule has 1 atom stereocenters. The number of nitrogens with zero attached hydrogens (tertiary/aromatic N) is 3. The Balaban J connectivity index is 0.977. The molecule has 2 saturated carbocycles. The number of amides is 5. The van der Waals surface area contributed by atoms with Crippen LogP contribution in [0.1, 0.15) is 124 Å². The summed E-state index contributed by atoms with van der Waals surface area (Å²) in [7, 11) is 0. The van der Waals surface area contributed by atoms with Gasteiger partial charge in [0, 0.05) is 75.6 Å². The van der Waals surface area contributed by atoms with E-state index in [1.807, 2.05) is 6.92 Å². The third kappa shape index (κ3) is 11.9. The molecule has 2 aliphatic carbocycles. The highest BCUT2D eigenvalue weighted by Crippen LogP contribution is 2.36. The number of hydrogen-bond donors (Lipinski definition) is 6. The molecule has 9 rings (SSSR count). The maximum Gasteiger partial charge on any atom is 0.335 e. The number of likely N-dealkylation sites (tertiary alicyclic amines) is 1. The summed E-state index contributed by atoms with van der Waals surface area (Å²) in [6.07, 6.45) is 9.14. The number of carbonyl (C=O) groups excluding carboxylic acids is 5. The minimum absolute atomic E-state index is 0.00510. The Morgan fingerprint density at radius 2 is 1.29 bits per heavy atom. The lowest BCUT2D eigenvalue weighted by Crippen LogP contribution is -2.33. The quantitative estimate of drug-likeness (QED) is 0.0454. The van der Waals surface area contributed by atoms with Crippen LogP contribution in [0, 0.1) is 24.5 Å². The van der Waals surface area contributed by atoms with Crippen LogP contribution in [0.2, 0.25) is 0 Å².